The third-order valence-corrected chi connectivity index (χ3v) is 4.30. The highest BCUT2D eigenvalue weighted by molar-refractivity contribution is 7.10. The van der Waals surface area contributed by atoms with E-state index in [1.165, 1.54) is 0 Å². The van der Waals surface area contributed by atoms with Crippen LogP contribution in [0.3, 0.4) is 0 Å². The average Bonchev–Trinajstić information content (AvgIpc) is 2.98. The monoisotopic (exact) mass is 296 g/mol. The zero-order valence-electron chi connectivity index (χ0n) is 12.1. The Labute approximate surface area is 128 Å². The van der Waals surface area contributed by atoms with Gasteiger partial charge in [0.25, 0.3) is 5.91 Å². The molecule has 3 rings (SSSR count). The van der Waals surface area contributed by atoms with Crippen molar-refractivity contribution in [1.29, 1.82) is 0 Å². The molecule has 0 aromatic carbocycles. The molecule has 0 aliphatic carbocycles. The van der Waals surface area contributed by atoms with Crippen LogP contribution in [0.25, 0.3) is 0 Å². The summed E-state index contributed by atoms with van der Waals surface area (Å²) in [5, 5.41) is 2.00. The van der Waals surface area contributed by atoms with Crippen molar-refractivity contribution >= 4 is 17.2 Å². The summed E-state index contributed by atoms with van der Waals surface area (Å²) in [7, 11) is 0. The second-order valence-corrected chi connectivity index (χ2v) is 6.21. The summed E-state index contributed by atoms with van der Waals surface area (Å²) in [6.07, 6.45) is 0.799. The molecule has 0 fully saturated rings. The van der Waals surface area contributed by atoms with E-state index in [9.17, 15) is 4.79 Å². The van der Waals surface area contributed by atoms with Crippen molar-refractivity contribution in [2.45, 2.75) is 26.3 Å². The molecule has 106 valence electrons. The van der Waals surface area contributed by atoms with Gasteiger partial charge in [0.2, 0.25) is 0 Å². The van der Waals surface area contributed by atoms with Crippen molar-refractivity contribution in [3.05, 3.63) is 51.5 Å². The van der Waals surface area contributed by atoms with Gasteiger partial charge in [-0.2, -0.15) is 0 Å². The third-order valence-electron chi connectivity index (χ3n) is 3.51. The van der Waals surface area contributed by atoms with Gasteiger partial charge in [-0.3, -0.25) is 4.79 Å². The van der Waals surface area contributed by atoms with E-state index in [0.717, 1.165) is 34.8 Å². The highest BCUT2D eigenvalue weighted by atomic mass is 32.1. The molecule has 3 heterocycles. The van der Waals surface area contributed by atoms with Crippen molar-refractivity contribution in [2.24, 2.45) is 0 Å². The van der Waals surface area contributed by atoms with Gasteiger partial charge >= 0.3 is 0 Å². The molecule has 0 atom stereocenters. The topological polar surface area (TPSA) is 33.2 Å². The van der Waals surface area contributed by atoms with Crippen molar-refractivity contribution in [3.63, 3.8) is 0 Å². The van der Waals surface area contributed by atoms with Crippen LogP contribution in [0, 0.1) is 11.8 Å². The number of carbonyl (C=O) groups excluding carboxylic acids is 1. The number of hydrogen-bond donors (Lipinski definition) is 0. The molecule has 0 radical (unpaired) electrons. The molecule has 0 spiro atoms. The first-order valence-corrected chi connectivity index (χ1v) is 7.89. The second kappa shape index (κ2) is 5.71. The molecule has 0 N–H and O–H groups in total. The highest BCUT2D eigenvalue weighted by Gasteiger charge is 2.26. The number of thiophene rings is 1. The lowest BCUT2D eigenvalue weighted by molar-refractivity contribution is 0.0686. The van der Waals surface area contributed by atoms with Gasteiger partial charge in [-0.05, 0) is 49.3 Å². The minimum Gasteiger partial charge on any atom is -0.336 e. The number of carbonyl (C=O) groups is 1. The highest BCUT2D eigenvalue weighted by Crippen LogP contribution is 2.19. The Morgan fingerprint density at radius 1 is 1.29 bits per heavy atom. The first-order chi connectivity index (χ1) is 10.1. The number of rotatable bonds is 1. The average molecular weight is 296 g/mol. The normalized spacial score (nSPS) is 13.9. The third kappa shape index (κ3) is 2.84. The second-order valence-electron chi connectivity index (χ2n) is 5.26. The van der Waals surface area contributed by atoms with Crippen LogP contribution in [0.5, 0.6) is 0 Å². The largest absolute Gasteiger partial charge is 0.336 e. The van der Waals surface area contributed by atoms with Crippen LogP contribution in [0.2, 0.25) is 0 Å². The van der Waals surface area contributed by atoms with Gasteiger partial charge in [-0.15, -0.1) is 11.3 Å². The van der Waals surface area contributed by atoms with E-state index in [1.807, 2.05) is 48.4 Å². The van der Waals surface area contributed by atoms with Gasteiger partial charge < -0.3 is 4.90 Å². The van der Waals surface area contributed by atoms with Gasteiger partial charge in [-0.25, -0.2) is 4.98 Å². The molecular weight excluding hydrogens is 280 g/mol. The van der Waals surface area contributed by atoms with Crippen molar-refractivity contribution in [2.75, 3.05) is 6.54 Å². The van der Waals surface area contributed by atoms with E-state index in [4.69, 9.17) is 0 Å². The maximum atomic E-state index is 12.4. The molecule has 1 aliphatic heterocycles. The molecule has 1 amide bonds. The predicted octanol–water partition coefficient (Wildman–Crippen LogP) is 2.95. The van der Waals surface area contributed by atoms with Gasteiger partial charge in [-0.1, -0.05) is 6.07 Å². The van der Waals surface area contributed by atoms with Crippen LogP contribution in [-0.2, 0) is 6.42 Å². The molecule has 3 nitrogen and oxygen atoms in total. The van der Waals surface area contributed by atoms with Crippen LogP contribution >= 0.6 is 11.3 Å². The summed E-state index contributed by atoms with van der Waals surface area (Å²) >= 11 is 1.61. The SMILES string of the molecule is CC(C)N1CCc2nc(C#Cc3cccs3)ccc2C1=O. The Morgan fingerprint density at radius 2 is 2.14 bits per heavy atom. The van der Waals surface area contributed by atoms with E-state index in [-0.39, 0.29) is 11.9 Å². The standard InChI is InChI=1S/C17H16N2OS/c1-12(2)19-10-9-16-15(17(19)20)8-6-13(18-16)5-7-14-4-3-11-21-14/h3-4,6,8,11-12H,9-10H2,1-2H3. The zero-order valence-corrected chi connectivity index (χ0v) is 12.9. The number of aromatic nitrogens is 1. The molecule has 0 unspecified atom stereocenters. The van der Waals surface area contributed by atoms with E-state index >= 15 is 0 Å². The maximum absolute atomic E-state index is 12.4. The molecule has 1 aliphatic rings. The smallest absolute Gasteiger partial charge is 0.255 e. The summed E-state index contributed by atoms with van der Waals surface area (Å²) in [6, 6.07) is 7.89. The lowest BCUT2D eigenvalue weighted by Gasteiger charge is -2.31. The summed E-state index contributed by atoms with van der Waals surface area (Å²) < 4.78 is 0. The van der Waals surface area contributed by atoms with Crippen molar-refractivity contribution in [1.82, 2.24) is 9.88 Å². The Morgan fingerprint density at radius 3 is 2.86 bits per heavy atom. The van der Waals surface area contributed by atoms with Crippen LogP contribution in [0.1, 0.15) is 40.5 Å². The molecule has 2 aromatic heterocycles. The lowest BCUT2D eigenvalue weighted by Crippen LogP contribution is -2.42. The number of nitrogens with zero attached hydrogens (tertiary/aromatic N) is 2. The number of amides is 1. The van der Waals surface area contributed by atoms with Crippen LogP contribution < -0.4 is 0 Å². The summed E-state index contributed by atoms with van der Waals surface area (Å²) in [5.74, 6) is 6.25. The fourth-order valence-corrected chi connectivity index (χ4v) is 2.98. The van der Waals surface area contributed by atoms with Gasteiger partial charge in [0.05, 0.1) is 16.1 Å². The zero-order chi connectivity index (χ0) is 14.8. The number of fused-ring (bicyclic) bond motifs is 1. The summed E-state index contributed by atoms with van der Waals surface area (Å²) in [6.45, 7) is 4.81. The molecule has 2 aromatic rings. The quantitative estimate of drug-likeness (QED) is 0.758. The van der Waals surface area contributed by atoms with Gasteiger partial charge in [0.15, 0.2) is 0 Å². The first kappa shape index (κ1) is 13.8. The molecule has 4 heteroatoms. The summed E-state index contributed by atoms with van der Waals surface area (Å²) in [4.78, 5) is 19.8. The minimum atomic E-state index is 0.0801. The number of pyridine rings is 1. The van der Waals surface area contributed by atoms with Gasteiger partial charge in [0, 0.05) is 19.0 Å². The van der Waals surface area contributed by atoms with E-state index in [1.54, 1.807) is 11.3 Å². The van der Waals surface area contributed by atoms with Crippen LogP contribution in [0.4, 0.5) is 0 Å². The van der Waals surface area contributed by atoms with Crippen LogP contribution in [0.15, 0.2) is 29.6 Å². The molecule has 21 heavy (non-hydrogen) atoms. The fourth-order valence-electron chi connectivity index (χ4n) is 2.41. The Balaban J connectivity index is 1.88. The molecule has 0 bridgehead atoms. The Kier molecular flexibility index (Phi) is 3.76. The first-order valence-electron chi connectivity index (χ1n) is 7.01. The fraction of sp³-hybridized carbons (Fsp3) is 0.294. The maximum Gasteiger partial charge on any atom is 0.255 e. The van der Waals surface area contributed by atoms with E-state index < -0.39 is 0 Å². The Bertz CT molecular complexity index is 723. The summed E-state index contributed by atoms with van der Waals surface area (Å²) in [5.41, 5.74) is 2.32. The predicted molar refractivity (Wildman–Crippen MR) is 84.4 cm³/mol. The molecular formula is C17H16N2OS. The van der Waals surface area contributed by atoms with Crippen molar-refractivity contribution < 1.29 is 4.79 Å². The molecule has 0 saturated heterocycles. The minimum absolute atomic E-state index is 0.0801. The van der Waals surface area contributed by atoms with E-state index in [2.05, 4.69) is 16.8 Å². The number of hydrogen-bond acceptors (Lipinski definition) is 3. The van der Waals surface area contributed by atoms with Crippen LogP contribution in [-0.4, -0.2) is 28.4 Å². The Hall–Kier alpha value is -2.12. The van der Waals surface area contributed by atoms with E-state index in [0.29, 0.717) is 0 Å². The lowest BCUT2D eigenvalue weighted by atomic mass is 10.0. The van der Waals surface area contributed by atoms with Gasteiger partial charge in [0.1, 0.15) is 5.69 Å². The molecule has 0 saturated carbocycles. The van der Waals surface area contributed by atoms with Crippen molar-refractivity contribution in [3.8, 4) is 11.8 Å².